The number of hydrogen-bond donors (Lipinski definition) is 3. The van der Waals surface area contributed by atoms with Crippen molar-refractivity contribution in [3.05, 3.63) is 48.3 Å². The first-order valence-corrected chi connectivity index (χ1v) is 7.84. The molecule has 0 aliphatic carbocycles. The van der Waals surface area contributed by atoms with Crippen molar-refractivity contribution in [1.29, 1.82) is 0 Å². The number of H-pyrrole nitrogens is 1. The Balaban J connectivity index is 1.64. The SMILES string of the molecule is COc1ccc(CC(=O)NC(=O)N(C)c2ccc3[nH]cnc3c2)cc1O. The molecule has 0 fully saturated rings. The lowest BCUT2D eigenvalue weighted by Gasteiger charge is -2.17. The number of imidazole rings is 1. The summed E-state index contributed by atoms with van der Waals surface area (Å²) in [6.45, 7) is 0. The first-order valence-electron chi connectivity index (χ1n) is 7.84. The number of rotatable bonds is 4. The molecule has 0 aliphatic rings. The zero-order chi connectivity index (χ0) is 18.7. The molecular formula is C18H18N4O4. The molecule has 0 aliphatic heterocycles. The van der Waals surface area contributed by atoms with Crippen LogP contribution in [0.4, 0.5) is 10.5 Å². The van der Waals surface area contributed by atoms with Crippen molar-refractivity contribution in [2.45, 2.75) is 6.42 Å². The Labute approximate surface area is 149 Å². The van der Waals surface area contributed by atoms with E-state index in [9.17, 15) is 14.7 Å². The van der Waals surface area contributed by atoms with Gasteiger partial charge in [0.25, 0.3) is 0 Å². The number of phenolic OH excluding ortho intramolecular Hbond substituents is 1. The lowest BCUT2D eigenvalue weighted by molar-refractivity contribution is -0.119. The summed E-state index contributed by atoms with van der Waals surface area (Å²) in [5, 5.41) is 12.1. The van der Waals surface area contributed by atoms with Gasteiger partial charge in [-0.2, -0.15) is 0 Å². The van der Waals surface area contributed by atoms with E-state index in [0.29, 0.717) is 17.0 Å². The molecule has 134 valence electrons. The van der Waals surface area contributed by atoms with E-state index < -0.39 is 11.9 Å². The Morgan fingerprint density at radius 2 is 2.08 bits per heavy atom. The molecule has 0 radical (unpaired) electrons. The Bertz CT molecular complexity index is 967. The highest BCUT2D eigenvalue weighted by atomic mass is 16.5. The van der Waals surface area contributed by atoms with E-state index in [-0.39, 0.29) is 12.2 Å². The van der Waals surface area contributed by atoms with Gasteiger partial charge in [0.1, 0.15) is 0 Å². The Kier molecular flexibility index (Phi) is 4.74. The van der Waals surface area contributed by atoms with Gasteiger partial charge in [0.2, 0.25) is 5.91 Å². The van der Waals surface area contributed by atoms with E-state index in [1.807, 2.05) is 6.07 Å². The van der Waals surface area contributed by atoms with Crippen LogP contribution in [0.2, 0.25) is 0 Å². The number of nitrogens with one attached hydrogen (secondary N) is 2. The Morgan fingerprint density at radius 1 is 1.27 bits per heavy atom. The number of amides is 3. The lowest BCUT2D eigenvalue weighted by atomic mass is 10.1. The average molecular weight is 354 g/mol. The van der Waals surface area contributed by atoms with Crippen LogP contribution in [0.25, 0.3) is 11.0 Å². The number of carbonyl (C=O) groups is 2. The molecular weight excluding hydrogens is 336 g/mol. The number of aromatic amines is 1. The molecule has 0 spiro atoms. The fourth-order valence-electron chi connectivity index (χ4n) is 2.52. The number of imide groups is 1. The van der Waals surface area contributed by atoms with E-state index in [2.05, 4.69) is 15.3 Å². The summed E-state index contributed by atoms with van der Waals surface area (Å²) in [5.41, 5.74) is 2.76. The van der Waals surface area contributed by atoms with E-state index >= 15 is 0 Å². The van der Waals surface area contributed by atoms with Gasteiger partial charge in [-0.15, -0.1) is 0 Å². The van der Waals surface area contributed by atoms with Gasteiger partial charge in [-0.05, 0) is 35.9 Å². The monoisotopic (exact) mass is 354 g/mol. The van der Waals surface area contributed by atoms with Crippen LogP contribution < -0.4 is 15.0 Å². The molecule has 8 nitrogen and oxygen atoms in total. The van der Waals surface area contributed by atoms with E-state index in [1.165, 1.54) is 18.1 Å². The van der Waals surface area contributed by atoms with Crippen LogP contribution in [0, 0.1) is 0 Å². The molecule has 26 heavy (non-hydrogen) atoms. The minimum absolute atomic E-state index is 0.0461. The van der Waals surface area contributed by atoms with Gasteiger partial charge in [-0.25, -0.2) is 9.78 Å². The third-order valence-electron chi connectivity index (χ3n) is 3.95. The zero-order valence-corrected chi connectivity index (χ0v) is 14.3. The molecule has 2 aromatic carbocycles. The third-order valence-corrected chi connectivity index (χ3v) is 3.95. The second-order valence-electron chi connectivity index (χ2n) is 5.70. The molecule has 8 heteroatoms. The first-order chi connectivity index (χ1) is 12.5. The summed E-state index contributed by atoms with van der Waals surface area (Å²) in [5.74, 6) is -0.223. The molecule has 3 N–H and O–H groups in total. The Morgan fingerprint density at radius 3 is 2.81 bits per heavy atom. The fourth-order valence-corrected chi connectivity index (χ4v) is 2.52. The van der Waals surface area contributed by atoms with Gasteiger partial charge in [0.15, 0.2) is 11.5 Å². The normalized spacial score (nSPS) is 10.5. The third kappa shape index (κ3) is 3.59. The largest absolute Gasteiger partial charge is 0.504 e. The average Bonchev–Trinajstić information content (AvgIpc) is 3.08. The topological polar surface area (TPSA) is 108 Å². The molecule has 1 heterocycles. The van der Waals surface area contributed by atoms with Crippen molar-refractivity contribution in [3.8, 4) is 11.5 Å². The van der Waals surface area contributed by atoms with Gasteiger partial charge in [-0.3, -0.25) is 15.0 Å². The molecule has 0 unspecified atom stereocenters. The van der Waals surface area contributed by atoms with E-state index in [4.69, 9.17) is 4.74 Å². The van der Waals surface area contributed by atoms with Crippen LogP contribution in [-0.4, -0.2) is 41.2 Å². The molecule has 0 saturated carbocycles. The molecule has 1 aromatic heterocycles. The predicted molar refractivity (Wildman–Crippen MR) is 96.4 cm³/mol. The van der Waals surface area contributed by atoms with Crippen LogP contribution in [0.15, 0.2) is 42.7 Å². The lowest BCUT2D eigenvalue weighted by Crippen LogP contribution is -2.41. The molecule has 3 rings (SSSR count). The van der Waals surface area contributed by atoms with Crippen molar-refractivity contribution in [1.82, 2.24) is 15.3 Å². The summed E-state index contributed by atoms with van der Waals surface area (Å²) in [4.78, 5) is 32.8. The summed E-state index contributed by atoms with van der Waals surface area (Å²) >= 11 is 0. The van der Waals surface area contributed by atoms with Crippen LogP contribution in [0.3, 0.4) is 0 Å². The van der Waals surface area contributed by atoms with Crippen molar-refractivity contribution in [3.63, 3.8) is 0 Å². The van der Waals surface area contributed by atoms with Crippen molar-refractivity contribution >= 4 is 28.7 Å². The maximum atomic E-state index is 12.3. The number of aromatic nitrogens is 2. The molecule has 3 aromatic rings. The number of ether oxygens (including phenoxy) is 1. The number of benzene rings is 2. The number of nitrogens with zero attached hydrogens (tertiary/aromatic N) is 2. The van der Waals surface area contributed by atoms with Gasteiger partial charge in [0, 0.05) is 12.7 Å². The summed E-state index contributed by atoms with van der Waals surface area (Å²) < 4.78 is 4.96. The minimum Gasteiger partial charge on any atom is -0.504 e. The second-order valence-corrected chi connectivity index (χ2v) is 5.70. The van der Waals surface area contributed by atoms with Gasteiger partial charge < -0.3 is 14.8 Å². The van der Waals surface area contributed by atoms with E-state index in [1.54, 1.807) is 37.6 Å². The highest BCUT2D eigenvalue weighted by Gasteiger charge is 2.16. The van der Waals surface area contributed by atoms with Crippen LogP contribution in [0.5, 0.6) is 11.5 Å². The van der Waals surface area contributed by atoms with Crippen molar-refractivity contribution in [2.24, 2.45) is 0 Å². The number of fused-ring (bicyclic) bond motifs is 1. The molecule has 0 atom stereocenters. The number of anilines is 1. The van der Waals surface area contributed by atoms with Crippen molar-refractivity contribution in [2.75, 3.05) is 19.1 Å². The van der Waals surface area contributed by atoms with Crippen LogP contribution in [0.1, 0.15) is 5.56 Å². The Hall–Kier alpha value is -3.55. The smallest absolute Gasteiger partial charge is 0.328 e. The summed E-state index contributed by atoms with van der Waals surface area (Å²) in [7, 11) is 3.01. The van der Waals surface area contributed by atoms with Gasteiger partial charge >= 0.3 is 6.03 Å². The van der Waals surface area contributed by atoms with Crippen LogP contribution in [-0.2, 0) is 11.2 Å². The number of carbonyl (C=O) groups excluding carboxylic acids is 2. The molecule has 0 bridgehead atoms. The predicted octanol–water partition coefficient (Wildman–Crippen LogP) is 2.19. The van der Waals surface area contributed by atoms with Crippen molar-refractivity contribution < 1.29 is 19.4 Å². The highest BCUT2D eigenvalue weighted by Crippen LogP contribution is 2.26. The number of aromatic hydroxyl groups is 1. The maximum absolute atomic E-state index is 12.3. The maximum Gasteiger partial charge on any atom is 0.328 e. The standard InChI is InChI=1S/C18H18N4O4/c1-22(12-4-5-13-14(9-12)20-10-19-13)18(25)21-17(24)8-11-3-6-16(26-2)15(23)7-11/h3-7,9-10,23H,8H2,1-2H3,(H,19,20)(H,21,24,25). The number of phenols is 1. The number of hydrogen-bond acceptors (Lipinski definition) is 5. The minimum atomic E-state index is -0.553. The van der Waals surface area contributed by atoms with Gasteiger partial charge in [-0.1, -0.05) is 6.07 Å². The summed E-state index contributed by atoms with van der Waals surface area (Å²) in [6.07, 6.45) is 1.53. The number of urea groups is 1. The summed E-state index contributed by atoms with van der Waals surface area (Å²) in [6, 6.07) is 9.40. The zero-order valence-electron chi connectivity index (χ0n) is 14.3. The van der Waals surface area contributed by atoms with Gasteiger partial charge in [0.05, 0.1) is 30.9 Å². The quantitative estimate of drug-likeness (QED) is 0.666. The first kappa shape index (κ1) is 17.3. The fraction of sp³-hybridized carbons (Fsp3) is 0.167. The second kappa shape index (κ2) is 7.14. The van der Waals surface area contributed by atoms with Crippen LogP contribution >= 0.6 is 0 Å². The molecule has 0 saturated heterocycles. The number of methoxy groups -OCH3 is 1. The molecule has 3 amide bonds. The van der Waals surface area contributed by atoms with E-state index in [0.717, 1.165) is 11.0 Å². The highest BCUT2D eigenvalue weighted by molar-refractivity contribution is 6.03.